The number of hydrogen-bond donors (Lipinski definition) is 0. The van der Waals surface area contributed by atoms with Gasteiger partial charge in [-0.2, -0.15) is 10.2 Å². The van der Waals surface area contributed by atoms with Crippen molar-refractivity contribution in [2.75, 3.05) is 7.11 Å². The summed E-state index contributed by atoms with van der Waals surface area (Å²) in [5, 5.41) is 8.63. The van der Waals surface area contributed by atoms with Crippen molar-refractivity contribution < 1.29 is 18.8 Å². The number of nitrogens with zero attached hydrogens (tertiary/aromatic N) is 2. The van der Waals surface area contributed by atoms with Gasteiger partial charge in [-0.25, -0.2) is 4.79 Å². The Labute approximate surface area is 159 Å². The molecule has 27 heavy (non-hydrogen) atoms. The quantitative estimate of drug-likeness (QED) is 0.462. The number of methoxy groups -OCH3 is 1. The third-order valence-electron chi connectivity index (χ3n) is 5.01. The minimum absolute atomic E-state index is 0.385. The second-order valence-corrected chi connectivity index (χ2v) is 7.39. The average molecular weight is 366 g/mol. The molecule has 1 heterocycles. The van der Waals surface area contributed by atoms with E-state index in [1.165, 1.54) is 7.11 Å². The Morgan fingerprint density at radius 2 is 1.52 bits per heavy atom. The third-order valence-corrected chi connectivity index (χ3v) is 5.01. The monoisotopic (exact) mass is 366 g/mol. The molecule has 0 aromatic heterocycles. The van der Waals surface area contributed by atoms with Crippen LogP contribution >= 0.6 is 0 Å². The van der Waals surface area contributed by atoms with Crippen molar-refractivity contribution in [1.82, 2.24) is 0 Å². The van der Waals surface area contributed by atoms with Crippen LogP contribution in [-0.4, -0.2) is 31.4 Å². The number of azo groups is 1. The van der Waals surface area contributed by atoms with E-state index >= 15 is 0 Å². The van der Waals surface area contributed by atoms with Crippen LogP contribution in [0, 0.1) is 0 Å². The van der Waals surface area contributed by atoms with Crippen LogP contribution in [0.5, 0.6) is 0 Å². The zero-order chi connectivity index (χ0) is 19.7. The SMILES string of the molecule is COC(=O)c1ccc(/N=N\c2ccccc2B2OC(C)(C)C(C)(C)O2)cc1. The maximum atomic E-state index is 11.5. The van der Waals surface area contributed by atoms with Gasteiger partial charge in [-0.15, -0.1) is 0 Å². The molecule has 0 saturated carbocycles. The Kier molecular flexibility index (Phi) is 5.17. The summed E-state index contributed by atoms with van der Waals surface area (Å²) in [4.78, 5) is 11.5. The van der Waals surface area contributed by atoms with Gasteiger partial charge in [0.2, 0.25) is 0 Å². The minimum atomic E-state index is -0.508. The van der Waals surface area contributed by atoms with Crippen LogP contribution < -0.4 is 5.46 Å². The summed E-state index contributed by atoms with van der Waals surface area (Å²) in [5.41, 5.74) is 1.75. The first-order valence-corrected chi connectivity index (χ1v) is 8.78. The van der Waals surface area contributed by atoms with E-state index < -0.39 is 18.3 Å². The van der Waals surface area contributed by atoms with Crippen molar-refractivity contribution in [1.29, 1.82) is 0 Å². The van der Waals surface area contributed by atoms with E-state index in [2.05, 4.69) is 10.2 Å². The van der Waals surface area contributed by atoms with Crippen molar-refractivity contribution in [2.45, 2.75) is 38.9 Å². The van der Waals surface area contributed by atoms with Crippen LogP contribution in [0.2, 0.25) is 0 Å². The standard InChI is InChI=1S/C20H23BN2O4/c1-19(2)20(3,4)27-21(26-19)16-8-6-7-9-17(16)23-22-15-12-10-14(11-13-15)18(24)25-5/h6-13H,1-5H3/b23-22-. The zero-order valence-corrected chi connectivity index (χ0v) is 16.2. The van der Waals surface area contributed by atoms with Gasteiger partial charge in [-0.1, -0.05) is 18.2 Å². The molecule has 140 valence electrons. The second kappa shape index (κ2) is 7.25. The molecule has 1 aliphatic heterocycles. The molecule has 0 radical (unpaired) electrons. The summed E-state index contributed by atoms with van der Waals surface area (Å²) in [6.07, 6.45) is 0. The summed E-state index contributed by atoms with van der Waals surface area (Å²) >= 11 is 0. The molecular formula is C20H23BN2O4. The molecular weight excluding hydrogens is 343 g/mol. The number of hydrogen-bond acceptors (Lipinski definition) is 6. The highest BCUT2D eigenvalue weighted by atomic mass is 16.7. The van der Waals surface area contributed by atoms with Gasteiger partial charge in [-0.05, 0) is 58.0 Å². The molecule has 0 aliphatic carbocycles. The van der Waals surface area contributed by atoms with E-state index in [0.717, 1.165) is 5.46 Å². The molecule has 3 rings (SSSR count). The molecule has 1 saturated heterocycles. The van der Waals surface area contributed by atoms with Gasteiger partial charge in [0.25, 0.3) is 0 Å². The van der Waals surface area contributed by atoms with Crippen LogP contribution in [0.1, 0.15) is 38.1 Å². The predicted molar refractivity (Wildman–Crippen MR) is 104 cm³/mol. The number of rotatable bonds is 4. The first-order chi connectivity index (χ1) is 12.7. The molecule has 2 aromatic carbocycles. The summed E-state index contributed by atoms with van der Waals surface area (Å²) in [6.45, 7) is 8.06. The van der Waals surface area contributed by atoms with Crippen molar-refractivity contribution in [2.24, 2.45) is 10.2 Å². The van der Waals surface area contributed by atoms with E-state index in [-0.39, 0.29) is 5.97 Å². The predicted octanol–water partition coefficient (Wildman–Crippen LogP) is 4.19. The largest absolute Gasteiger partial charge is 0.497 e. The number of esters is 1. The van der Waals surface area contributed by atoms with Crippen molar-refractivity contribution >= 4 is 29.9 Å². The fraction of sp³-hybridized carbons (Fsp3) is 0.350. The maximum Gasteiger partial charge on any atom is 0.497 e. The van der Waals surface area contributed by atoms with E-state index in [1.807, 2.05) is 52.0 Å². The van der Waals surface area contributed by atoms with Gasteiger partial charge in [0.1, 0.15) is 0 Å². The molecule has 7 heteroatoms. The summed E-state index contributed by atoms with van der Waals surface area (Å²) in [6, 6.07) is 14.3. The van der Waals surface area contributed by atoms with Gasteiger partial charge in [-0.3, -0.25) is 0 Å². The highest BCUT2D eigenvalue weighted by Crippen LogP contribution is 2.37. The molecule has 2 aromatic rings. The van der Waals surface area contributed by atoms with E-state index in [1.54, 1.807) is 24.3 Å². The summed E-state index contributed by atoms with van der Waals surface area (Å²) in [7, 11) is 0.842. The van der Waals surface area contributed by atoms with Gasteiger partial charge in [0.05, 0.1) is 35.3 Å². The highest BCUT2D eigenvalue weighted by Gasteiger charge is 2.52. The molecule has 0 unspecified atom stereocenters. The normalized spacial score (nSPS) is 18.0. The van der Waals surface area contributed by atoms with E-state index in [0.29, 0.717) is 16.9 Å². The van der Waals surface area contributed by atoms with E-state index in [9.17, 15) is 4.79 Å². The lowest BCUT2D eigenvalue weighted by Crippen LogP contribution is -2.41. The fourth-order valence-corrected chi connectivity index (χ4v) is 2.64. The van der Waals surface area contributed by atoms with Crippen molar-refractivity contribution in [3.05, 3.63) is 54.1 Å². The fourth-order valence-electron chi connectivity index (χ4n) is 2.64. The molecule has 1 fully saturated rings. The molecule has 1 aliphatic rings. The highest BCUT2D eigenvalue weighted by molar-refractivity contribution is 6.63. The smallest absolute Gasteiger partial charge is 0.465 e. The minimum Gasteiger partial charge on any atom is -0.465 e. The Bertz CT molecular complexity index is 847. The summed E-state index contributed by atoms with van der Waals surface area (Å²) < 4.78 is 16.9. The van der Waals surface area contributed by atoms with Crippen LogP contribution in [0.15, 0.2) is 58.8 Å². The van der Waals surface area contributed by atoms with Gasteiger partial charge >= 0.3 is 13.1 Å². The van der Waals surface area contributed by atoms with Crippen LogP contribution in [0.4, 0.5) is 11.4 Å². The Morgan fingerprint density at radius 3 is 2.11 bits per heavy atom. The average Bonchev–Trinajstić information content (AvgIpc) is 2.87. The number of carbonyl (C=O) groups is 1. The van der Waals surface area contributed by atoms with E-state index in [4.69, 9.17) is 14.0 Å². The van der Waals surface area contributed by atoms with Gasteiger partial charge in [0.15, 0.2) is 0 Å². The van der Waals surface area contributed by atoms with Crippen molar-refractivity contribution in [3.8, 4) is 0 Å². The Balaban J connectivity index is 1.83. The van der Waals surface area contributed by atoms with Gasteiger partial charge in [0, 0.05) is 5.46 Å². The van der Waals surface area contributed by atoms with Crippen LogP contribution in [-0.2, 0) is 14.0 Å². The van der Waals surface area contributed by atoms with Crippen molar-refractivity contribution in [3.63, 3.8) is 0 Å². The Morgan fingerprint density at radius 1 is 0.926 bits per heavy atom. The summed E-state index contributed by atoms with van der Waals surface area (Å²) in [5.74, 6) is -0.385. The van der Waals surface area contributed by atoms with Gasteiger partial charge < -0.3 is 14.0 Å². The maximum absolute atomic E-state index is 11.5. The zero-order valence-electron chi connectivity index (χ0n) is 16.2. The molecule has 0 spiro atoms. The lowest BCUT2D eigenvalue weighted by Gasteiger charge is -2.32. The second-order valence-electron chi connectivity index (χ2n) is 7.39. The molecule has 0 atom stereocenters. The Hall–Kier alpha value is -2.51. The lowest BCUT2D eigenvalue weighted by molar-refractivity contribution is 0.00578. The first-order valence-electron chi connectivity index (χ1n) is 8.78. The molecule has 0 bridgehead atoms. The topological polar surface area (TPSA) is 69.5 Å². The number of benzene rings is 2. The number of carbonyl (C=O) groups excluding carboxylic acids is 1. The lowest BCUT2D eigenvalue weighted by atomic mass is 9.78. The number of ether oxygens (including phenoxy) is 1. The molecule has 0 amide bonds. The third kappa shape index (κ3) is 3.94. The molecule has 0 N–H and O–H groups in total. The first kappa shape index (κ1) is 19.3. The van der Waals surface area contributed by atoms with Crippen LogP contribution in [0.3, 0.4) is 0 Å². The van der Waals surface area contributed by atoms with Crippen LogP contribution in [0.25, 0.3) is 0 Å². The molecule has 6 nitrogen and oxygen atoms in total.